The molecule has 0 radical (unpaired) electrons. The summed E-state index contributed by atoms with van der Waals surface area (Å²) in [6.45, 7) is 6.32. The average molecular weight is 344 g/mol. The molecule has 0 bridgehead atoms. The Bertz CT molecular complexity index is 756. The third kappa shape index (κ3) is 4.20. The summed E-state index contributed by atoms with van der Waals surface area (Å²) < 4.78 is 12.7. The molecular weight excluding hydrogens is 320 g/mol. The van der Waals surface area contributed by atoms with Gasteiger partial charge in [0.05, 0.1) is 0 Å². The van der Waals surface area contributed by atoms with Crippen LogP contribution in [-0.2, 0) is 20.0 Å². The van der Waals surface area contributed by atoms with E-state index in [1.54, 1.807) is 0 Å². The van der Waals surface area contributed by atoms with E-state index in [1.807, 2.05) is 37.6 Å². The largest absolute Gasteiger partial charge is 0.454 e. The molecule has 0 saturated heterocycles. The van der Waals surface area contributed by atoms with Crippen LogP contribution in [0.15, 0.2) is 23.2 Å². The Hall–Kier alpha value is -2.77. The van der Waals surface area contributed by atoms with Gasteiger partial charge in [-0.05, 0) is 38.0 Å². The van der Waals surface area contributed by atoms with Crippen LogP contribution in [0.2, 0.25) is 0 Å². The second kappa shape index (κ2) is 7.87. The van der Waals surface area contributed by atoms with E-state index in [4.69, 9.17) is 9.47 Å². The number of rotatable bonds is 6. The maximum absolute atomic E-state index is 5.41. The van der Waals surface area contributed by atoms with E-state index < -0.39 is 0 Å². The number of ether oxygens (including phenoxy) is 2. The van der Waals surface area contributed by atoms with Gasteiger partial charge in [-0.3, -0.25) is 0 Å². The van der Waals surface area contributed by atoms with Crippen molar-refractivity contribution in [1.29, 1.82) is 0 Å². The molecule has 134 valence electrons. The molecule has 2 heterocycles. The zero-order chi connectivity index (χ0) is 17.6. The lowest BCUT2D eigenvalue weighted by Crippen LogP contribution is -2.38. The fourth-order valence-electron chi connectivity index (χ4n) is 2.50. The molecule has 0 fully saturated rings. The van der Waals surface area contributed by atoms with Gasteiger partial charge in [0.2, 0.25) is 6.79 Å². The first-order valence-electron chi connectivity index (χ1n) is 8.43. The van der Waals surface area contributed by atoms with Gasteiger partial charge in [0.1, 0.15) is 12.4 Å². The Morgan fingerprint density at radius 1 is 1.24 bits per heavy atom. The summed E-state index contributed by atoms with van der Waals surface area (Å²) >= 11 is 0. The van der Waals surface area contributed by atoms with Crippen LogP contribution in [0.1, 0.15) is 24.1 Å². The molecule has 0 atom stereocenters. The summed E-state index contributed by atoms with van der Waals surface area (Å²) in [6.07, 6.45) is 0.865. The Kier molecular flexibility index (Phi) is 5.37. The van der Waals surface area contributed by atoms with Crippen molar-refractivity contribution in [3.63, 3.8) is 0 Å². The predicted molar refractivity (Wildman–Crippen MR) is 94.8 cm³/mol. The van der Waals surface area contributed by atoms with Crippen LogP contribution >= 0.6 is 0 Å². The minimum atomic E-state index is 0.301. The van der Waals surface area contributed by atoms with Gasteiger partial charge in [0.25, 0.3) is 0 Å². The molecule has 1 aromatic carbocycles. The third-order valence-corrected chi connectivity index (χ3v) is 4.05. The van der Waals surface area contributed by atoms with E-state index in [9.17, 15) is 0 Å². The summed E-state index contributed by atoms with van der Waals surface area (Å²) in [5, 5.41) is 14.8. The zero-order valence-corrected chi connectivity index (χ0v) is 14.9. The number of nitrogens with zero attached hydrogens (tertiary/aromatic N) is 4. The number of benzene rings is 1. The summed E-state index contributed by atoms with van der Waals surface area (Å²) in [4.78, 5) is 4.57. The molecule has 2 aromatic rings. The fourth-order valence-corrected chi connectivity index (χ4v) is 2.50. The van der Waals surface area contributed by atoms with Crippen LogP contribution in [0, 0.1) is 6.92 Å². The number of guanidine groups is 1. The third-order valence-electron chi connectivity index (χ3n) is 4.05. The highest BCUT2D eigenvalue weighted by atomic mass is 16.7. The molecule has 0 spiro atoms. The van der Waals surface area contributed by atoms with Crippen molar-refractivity contribution in [2.75, 3.05) is 19.9 Å². The molecule has 2 N–H and O–H groups in total. The monoisotopic (exact) mass is 344 g/mol. The highest BCUT2D eigenvalue weighted by molar-refractivity contribution is 5.79. The van der Waals surface area contributed by atoms with E-state index >= 15 is 0 Å². The summed E-state index contributed by atoms with van der Waals surface area (Å²) in [5.41, 5.74) is 1.19. The van der Waals surface area contributed by atoms with Crippen LogP contribution in [0.4, 0.5) is 0 Å². The minimum Gasteiger partial charge on any atom is -0.454 e. The minimum absolute atomic E-state index is 0.301. The molecule has 0 saturated carbocycles. The topological polar surface area (TPSA) is 85.6 Å². The van der Waals surface area contributed by atoms with E-state index in [1.165, 1.54) is 5.56 Å². The van der Waals surface area contributed by atoms with Crippen LogP contribution in [-0.4, -0.2) is 40.6 Å². The maximum atomic E-state index is 5.41. The predicted octanol–water partition coefficient (Wildman–Crippen LogP) is 1.15. The molecule has 0 amide bonds. The number of aliphatic imine (C=N–C) groups is 1. The summed E-state index contributed by atoms with van der Waals surface area (Å²) in [6, 6.07) is 6.03. The Labute approximate surface area is 147 Å². The number of fused-ring (bicyclic) bond motifs is 1. The standard InChI is InChI=1S/C17H24N6O2/c1-4-18-17(20-10-16-22-21-12(2)23(16)3)19-8-7-13-5-6-14-15(9-13)25-11-24-14/h5-6,9H,4,7-8,10-11H2,1-3H3,(H2,18,19,20). The first kappa shape index (κ1) is 17.1. The summed E-state index contributed by atoms with van der Waals surface area (Å²) in [7, 11) is 1.94. The van der Waals surface area contributed by atoms with E-state index in [0.717, 1.165) is 48.6 Å². The lowest BCUT2D eigenvalue weighted by atomic mass is 10.1. The van der Waals surface area contributed by atoms with Gasteiger partial charge in [-0.2, -0.15) is 0 Å². The van der Waals surface area contributed by atoms with Crippen molar-refractivity contribution in [2.45, 2.75) is 26.8 Å². The van der Waals surface area contributed by atoms with Crippen LogP contribution in [0.5, 0.6) is 11.5 Å². The maximum Gasteiger partial charge on any atom is 0.231 e. The van der Waals surface area contributed by atoms with Crippen molar-refractivity contribution < 1.29 is 9.47 Å². The van der Waals surface area contributed by atoms with Crippen molar-refractivity contribution in [2.24, 2.45) is 12.0 Å². The second-order valence-electron chi connectivity index (χ2n) is 5.78. The molecule has 0 aliphatic carbocycles. The van der Waals surface area contributed by atoms with Crippen LogP contribution < -0.4 is 20.1 Å². The summed E-state index contributed by atoms with van der Waals surface area (Å²) in [5.74, 6) is 4.11. The van der Waals surface area contributed by atoms with E-state index in [-0.39, 0.29) is 0 Å². The van der Waals surface area contributed by atoms with Gasteiger partial charge in [-0.1, -0.05) is 6.07 Å². The Morgan fingerprint density at radius 2 is 2.08 bits per heavy atom. The van der Waals surface area contributed by atoms with Gasteiger partial charge in [-0.25, -0.2) is 4.99 Å². The number of hydrogen-bond acceptors (Lipinski definition) is 5. The van der Waals surface area contributed by atoms with Crippen LogP contribution in [0.3, 0.4) is 0 Å². The van der Waals surface area contributed by atoms with E-state index in [0.29, 0.717) is 13.3 Å². The fraction of sp³-hybridized carbons (Fsp3) is 0.471. The number of nitrogens with one attached hydrogen (secondary N) is 2. The molecule has 1 aromatic heterocycles. The average Bonchev–Trinajstić information content (AvgIpc) is 3.20. The van der Waals surface area contributed by atoms with Gasteiger partial charge in [0.15, 0.2) is 23.3 Å². The van der Waals surface area contributed by atoms with E-state index in [2.05, 4.69) is 31.9 Å². The molecule has 0 unspecified atom stereocenters. The molecule has 1 aliphatic heterocycles. The number of aryl methyl sites for hydroxylation is 1. The van der Waals surface area contributed by atoms with Crippen molar-refractivity contribution in [1.82, 2.24) is 25.4 Å². The van der Waals surface area contributed by atoms with Crippen LogP contribution in [0.25, 0.3) is 0 Å². The normalized spacial score (nSPS) is 13.2. The molecule has 8 heteroatoms. The van der Waals surface area contributed by atoms with Gasteiger partial charge in [0, 0.05) is 20.1 Å². The first-order chi connectivity index (χ1) is 12.2. The Balaban J connectivity index is 1.54. The van der Waals surface area contributed by atoms with Crippen molar-refractivity contribution in [3.05, 3.63) is 35.4 Å². The Morgan fingerprint density at radius 3 is 2.84 bits per heavy atom. The first-order valence-corrected chi connectivity index (χ1v) is 8.43. The van der Waals surface area contributed by atoms with Gasteiger partial charge < -0.3 is 24.7 Å². The molecule has 1 aliphatic rings. The highest BCUT2D eigenvalue weighted by Gasteiger charge is 2.13. The molecule has 25 heavy (non-hydrogen) atoms. The zero-order valence-electron chi connectivity index (χ0n) is 14.9. The molecule has 3 rings (SSSR count). The second-order valence-corrected chi connectivity index (χ2v) is 5.78. The lowest BCUT2D eigenvalue weighted by Gasteiger charge is -2.11. The highest BCUT2D eigenvalue weighted by Crippen LogP contribution is 2.32. The molecule has 8 nitrogen and oxygen atoms in total. The molecular formula is C17H24N6O2. The van der Waals surface area contributed by atoms with Gasteiger partial charge >= 0.3 is 0 Å². The number of hydrogen-bond donors (Lipinski definition) is 2. The number of aromatic nitrogens is 3. The van der Waals surface area contributed by atoms with Crippen molar-refractivity contribution >= 4 is 5.96 Å². The SMILES string of the molecule is CCNC(=NCc1nnc(C)n1C)NCCc1ccc2c(c1)OCO2. The smallest absolute Gasteiger partial charge is 0.231 e. The van der Waals surface area contributed by atoms with Gasteiger partial charge in [-0.15, -0.1) is 10.2 Å². The lowest BCUT2D eigenvalue weighted by molar-refractivity contribution is 0.174. The quantitative estimate of drug-likeness (QED) is 0.604. The van der Waals surface area contributed by atoms with Crippen molar-refractivity contribution in [3.8, 4) is 11.5 Å².